The molecule has 0 heterocycles. The van der Waals surface area contributed by atoms with Crippen LogP contribution >= 0.6 is 0 Å². The monoisotopic (exact) mass is 534 g/mol. The van der Waals surface area contributed by atoms with Gasteiger partial charge in [-0.15, -0.1) is 0 Å². The van der Waals surface area contributed by atoms with E-state index in [-0.39, 0.29) is 5.91 Å². The van der Waals surface area contributed by atoms with Crippen molar-refractivity contribution in [3.63, 3.8) is 0 Å². The van der Waals surface area contributed by atoms with E-state index in [0.717, 1.165) is 36.4 Å². The van der Waals surface area contributed by atoms with Crippen molar-refractivity contribution in [1.82, 2.24) is 5.32 Å². The summed E-state index contributed by atoms with van der Waals surface area (Å²) in [4.78, 5) is 11.8. The van der Waals surface area contributed by atoms with Crippen molar-refractivity contribution in [3.05, 3.63) is 138 Å². The molecule has 0 atom stereocenters. The number of aryl methyl sites for hydroxylation is 2. The van der Waals surface area contributed by atoms with E-state index in [4.69, 9.17) is 4.74 Å². The summed E-state index contributed by atoms with van der Waals surface area (Å²) in [5.41, 5.74) is 5.72. The average molecular weight is 535 g/mol. The van der Waals surface area contributed by atoms with Gasteiger partial charge in [-0.25, -0.2) is 0 Å². The minimum absolute atomic E-state index is 0.111. The van der Waals surface area contributed by atoms with Crippen LogP contribution in [0.2, 0.25) is 0 Å². The fourth-order valence-corrected chi connectivity index (χ4v) is 4.02. The minimum atomic E-state index is -0.111. The van der Waals surface area contributed by atoms with Crippen molar-refractivity contribution >= 4 is 17.7 Å². The fourth-order valence-electron chi connectivity index (χ4n) is 4.02. The van der Waals surface area contributed by atoms with Gasteiger partial charge in [-0.05, 0) is 91.9 Å². The number of hydrogen-bond donors (Lipinski definition) is 2. The number of anilines is 1. The summed E-state index contributed by atoms with van der Waals surface area (Å²) in [5, 5.41) is 6.03. The molecule has 0 saturated carbocycles. The lowest BCUT2D eigenvalue weighted by molar-refractivity contribution is -0.111. The lowest BCUT2D eigenvalue weighted by atomic mass is 10.1. The van der Waals surface area contributed by atoms with Crippen LogP contribution in [0.3, 0.4) is 0 Å². The van der Waals surface area contributed by atoms with Crippen molar-refractivity contribution in [3.8, 4) is 5.75 Å². The Bertz CT molecular complexity index is 1250. The number of ether oxygens (including phenoxy) is 1. The lowest BCUT2D eigenvalue weighted by Gasteiger charge is -2.07. The van der Waals surface area contributed by atoms with Crippen LogP contribution in [-0.2, 0) is 24.2 Å². The number of amides is 1. The van der Waals surface area contributed by atoms with E-state index in [1.54, 1.807) is 6.08 Å². The molecule has 40 heavy (non-hydrogen) atoms. The summed E-state index contributed by atoms with van der Waals surface area (Å²) in [5.74, 6) is 0.821. The fraction of sp³-hybridized carbons (Fsp3) is 0.250. The van der Waals surface area contributed by atoms with Crippen LogP contribution in [0.4, 0.5) is 5.69 Å². The number of rotatable bonds is 13. The minimum Gasteiger partial charge on any atom is -0.489 e. The Labute approximate surface area is 240 Å². The predicted molar refractivity (Wildman–Crippen MR) is 169 cm³/mol. The quantitative estimate of drug-likeness (QED) is 0.135. The largest absolute Gasteiger partial charge is 0.489 e. The van der Waals surface area contributed by atoms with E-state index in [1.807, 2.05) is 73.8 Å². The molecule has 0 aliphatic rings. The summed E-state index contributed by atoms with van der Waals surface area (Å²) >= 11 is 0. The summed E-state index contributed by atoms with van der Waals surface area (Å²) in [6.45, 7) is 3.87. The number of hydrogen-bond acceptors (Lipinski definition) is 3. The van der Waals surface area contributed by atoms with Crippen LogP contribution in [0.25, 0.3) is 6.08 Å². The Hall–Kier alpha value is -4.15. The van der Waals surface area contributed by atoms with Crippen LogP contribution in [0.15, 0.2) is 115 Å². The van der Waals surface area contributed by atoms with Crippen LogP contribution in [0, 0.1) is 0 Å². The van der Waals surface area contributed by atoms with Crippen molar-refractivity contribution in [2.75, 3.05) is 18.9 Å². The third-order valence-electron chi connectivity index (χ3n) is 6.33. The van der Waals surface area contributed by atoms with Gasteiger partial charge in [0.1, 0.15) is 12.4 Å². The van der Waals surface area contributed by atoms with Crippen molar-refractivity contribution in [2.45, 2.75) is 45.6 Å². The van der Waals surface area contributed by atoms with Gasteiger partial charge in [-0.1, -0.05) is 98.3 Å². The van der Waals surface area contributed by atoms with Crippen molar-refractivity contribution in [2.24, 2.45) is 0 Å². The number of unbranched alkanes of at least 4 members (excludes halogenated alkanes) is 1. The smallest absolute Gasteiger partial charge is 0.248 e. The predicted octanol–water partition coefficient (Wildman–Crippen LogP) is 8.10. The van der Waals surface area contributed by atoms with Gasteiger partial charge in [-0.2, -0.15) is 0 Å². The summed E-state index contributed by atoms with van der Waals surface area (Å²) in [6, 6.07) is 36.5. The summed E-state index contributed by atoms with van der Waals surface area (Å²) in [6.07, 6.45) is 9.14. The molecule has 2 N–H and O–H groups in total. The molecule has 0 fully saturated rings. The molecule has 1 amide bonds. The second kappa shape index (κ2) is 18.2. The number of nitrogens with one attached hydrogen (secondary N) is 2. The van der Waals surface area contributed by atoms with E-state index in [1.165, 1.54) is 36.0 Å². The average Bonchev–Trinajstić information content (AvgIpc) is 3.01. The molecule has 4 aromatic carbocycles. The molecule has 0 aromatic heterocycles. The molecule has 0 aliphatic heterocycles. The molecule has 0 bridgehead atoms. The molecule has 4 heteroatoms. The topological polar surface area (TPSA) is 50.4 Å². The maximum absolute atomic E-state index is 11.8. The van der Waals surface area contributed by atoms with Gasteiger partial charge in [0.15, 0.2) is 0 Å². The van der Waals surface area contributed by atoms with E-state index in [0.29, 0.717) is 6.61 Å². The first kappa shape index (κ1) is 30.4. The first-order valence-corrected chi connectivity index (χ1v) is 14.2. The molecule has 0 aliphatic carbocycles. The molecule has 208 valence electrons. The lowest BCUT2D eigenvalue weighted by Crippen LogP contribution is -2.08. The zero-order valence-corrected chi connectivity index (χ0v) is 23.8. The molecule has 0 saturated heterocycles. The van der Waals surface area contributed by atoms with Gasteiger partial charge in [0.2, 0.25) is 5.91 Å². The second-order valence-corrected chi connectivity index (χ2v) is 9.66. The Kier molecular flexibility index (Phi) is 13.8. The van der Waals surface area contributed by atoms with Gasteiger partial charge < -0.3 is 15.4 Å². The first-order chi connectivity index (χ1) is 19.7. The maximum atomic E-state index is 11.8. The van der Waals surface area contributed by atoms with Crippen LogP contribution in [0.1, 0.15) is 48.4 Å². The van der Waals surface area contributed by atoms with E-state index < -0.39 is 0 Å². The highest BCUT2D eigenvalue weighted by Crippen LogP contribution is 2.15. The Morgan fingerprint density at radius 2 is 1.32 bits per heavy atom. The summed E-state index contributed by atoms with van der Waals surface area (Å²) in [7, 11) is 1.99. The normalized spacial score (nSPS) is 10.6. The SMILES string of the molecule is CCCCc1ccc(NC(=O)/C=C/c2ccccc2)cc1.CNCCCc1ccc(OCc2ccccc2)cc1. The molecular formula is C36H42N2O2. The highest BCUT2D eigenvalue weighted by Gasteiger charge is 1.99. The highest BCUT2D eigenvalue weighted by atomic mass is 16.5. The van der Waals surface area contributed by atoms with Crippen molar-refractivity contribution < 1.29 is 9.53 Å². The third kappa shape index (κ3) is 12.1. The van der Waals surface area contributed by atoms with Crippen LogP contribution in [-0.4, -0.2) is 19.5 Å². The number of carbonyl (C=O) groups is 1. The Morgan fingerprint density at radius 1 is 0.725 bits per heavy atom. The zero-order chi connectivity index (χ0) is 28.3. The van der Waals surface area contributed by atoms with Gasteiger partial charge >= 0.3 is 0 Å². The van der Waals surface area contributed by atoms with E-state index in [2.05, 4.69) is 66.1 Å². The van der Waals surface area contributed by atoms with Gasteiger partial charge in [0.05, 0.1) is 0 Å². The molecule has 0 spiro atoms. The molecule has 0 unspecified atom stereocenters. The van der Waals surface area contributed by atoms with Gasteiger partial charge in [0, 0.05) is 11.8 Å². The zero-order valence-electron chi connectivity index (χ0n) is 23.8. The third-order valence-corrected chi connectivity index (χ3v) is 6.33. The molecule has 4 rings (SSSR count). The molecule has 4 aromatic rings. The first-order valence-electron chi connectivity index (χ1n) is 14.2. The van der Waals surface area contributed by atoms with Gasteiger partial charge in [0.25, 0.3) is 0 Å². The van der Waals surface area contributed by atoms with Crippen LogP contribution in [0.5, 0.6) is 5.75 Å². The van der Waals surface area contributed by atoms with Crippen LogP contribution < -0.4 is 15.4 Å². The summed E-state index contributed by atoms with van der Waals surface area (Å²) < 4.78 is 5.76. The Morgan fingerprint density at radius 3 is 1.95 bits per heavy atom. The standard InChI is InChI=1S/C19H21NO.C17H21NO/c1-2-3-7-17-10-13-18(14-11-17)20-19(21)15-12-16-8-5-4-6-9-16;1-18-13-5-8-15-9-11-17(12-10-15)19-14-16-6-3-2-4-7-16/h4-6,8-15H,2-3,7H2,1H3,(H,20,21);2-4,6-7,9-12,18H,5,8,13-14H2,1H3/b15-12+;. The van der Waals surface area contributed by atoms with Crippen molar-refractivity contribution in [1.29, 1.82) is 0 Å². The maximum Gasteiger partial charge on any atom is 0.248 e. The number of carbonyl (C=O) groups excluding carboxylic acids is 1. The van der Waals surface area contributed by atoms with Gasteiger partial charge in [-0.3, -0.25) is 4.79 Å². The molecular weight excluding hydrogens is 492 g/mol. The van der Waals surface area contributed by atoms with E-state index >= 15 is 0 Å². The van der Waals surface area contributed by atoms with E-state index in [9.17, 15) is 4.79 Å². The second-order valence-electron chi connectivity index (χ2n) is 9.66. The number of benzene rings is 4. The molecule has 0 radical (unpaired) electrons. The highest BCUT2D eigenvalue weighted by molar-refractivity contribution is 6.01. The molecule has 4 nitrogen and oxygen atoms in total. The Balaban J connectivity index is 0.000000222.